The standard InChI is InChI=1S/C18H25NO2/c1-12-15(10-14-11-18(12,4)17(14,2)3)21-16(20)9-13-5-7-19-8-6-13/h5-8,12,14-15H,9-11H2,1-4H3/t12-,14+,15+,18+/m1/s1. The third-order valence-electron chi connectivity index (χ3n) is 6.62. The van der Waals surface area contributed by atoms with Crippen LogP contribution in [0.25, 0.3) is 0 Å². The van der Waals surface area contributed by atoms with Gasteiger partial charge in [0.05, 0.1) is 6.42 Å². The normalized spacial score (nSPS) is 36.7. The maximum Gasteiger partial charge on any atom is 0.310 e. The predicted octanol–water partition coefficient (Wildman–Crippen LogP) is 3.63. The quantitative estimate of drug-likeness (QED) is 0.797. The van der Waals surface area contributed by atoms with E-state index < -0.39 is 0 Å². The number of esters is 1. The van der Waals surface area contributed by atoms with Crippen molar-refractivity contribution in [2.45, 2.75) is 53.1 Å². The molecular weight excluding hydrogens is 262 g/mol. The summed E-state index contributed by atoms with van der Waals surface area (Å²) in [5, 5.41) is 0. The Morgan fingerprint density at radius 1 is 1.33 bits per heavy atom. The van der Waals surface area contributed by atoms with E-state index in [9.17, 15) is 4.79 Å². The molecule has 0 aliphatic heterocycles. The minimum atomic E-state index is -0.110. The molecule has 3 aliphatic carbocycles. The van der Waals surface area contributed by atoms with Gasteiger partial charge < -0.3 is 4.74 Å². The molecule has 4 atom stereocenters. The second-order valence-corrected chi connectivity index (χ2v) is 7.63. The van der Waals surface area contributed by atoms with E-state index >= 15 is 0 Å². The molecule has 21 heavy (non-hydrogen) atoms. The van der Waals surface area contributed by atoms with Crippen LogP contribution in [0.3, 0.4) is 0 Å². The van der Waals surface area contributed by atoms with Crippen molar-refractivity contribution in [1.82, 2.24) is 4.98 Å². The highest BCUT2D eigenvalue weighted by molar-refractivity contribution is 5.72. The number of nitrogens with zero attached hydrogens (tertiary/aromatic N) is 1. The smallest absolute Gasteiger partial charge is 0.310 e. The molecule has 0 N–H and O–H groups in total. The minimum Gasteiger partial charge on any atom is -0.462 e. The zero-order valence-electron chi connectivity index (χ0n) is 13.4. The number of aromatic nitrogens is 1. The number of ether oxygens (including phenoxy) is 1. The van der Waals surface area contributed by atoms with Crippen LogP contribution in [-0.4, -0.2) is 17.1 Å². The summed E-state index contributed by atoms with van der Waals surface area (Å²) >= 11 is 0. The SMILES string of the molecule is C[C@@H]1[C@@H](OC(=O)Cc2ccncc2)C[C@H]2C[C@]1(C)C2(C)C. The molecule has 2 bridgehead atoms. The van der Waals surface area contributed by atoms with Gasteiger partial charge in [-0.3, -0.25) is 9.78 Å². The Balaban J connectivity index is 1.63. The van der Waals surface area contributed by atoms with Crippen molar-refractivity contribution < 1.29 is 9.53 Å². The fraction of sp³-hybridized carbons (Fsp3) is 0.667. The zero-order chi connectivity index (χ0) is 15.3. The summed E-state index contributed by atoms with van der Waals surface area (Å²) in [5.41, 5.74) is 1.65. The van der Waals surface area contributed by atoms with Gasteiger partial charge in [-0.15, -0.1) is 0 Å². The lowest BCUT2D eigenvalue weighted by atomic mass is 9.37. The molecule has 0 amide bonds. The summed E-state index contributed by atoms with van der Waals surface area (Å²) in [6.45, 7) is 9.35. The molecule has 0 radical (unpaired) electrons. The topological polar surface area (TPSA) is 39.2 Å². The molecule has 0 aromatic carbocycles. The van der Waals surface area contributed by atoms with Crippen molar-refractivity contribution >= 4 is 5.97 Å². The summed E-state index contributed by atoms with van der Waals surface area (Å²) in [7, 11) is 0. The lowest BCUT2D eigenvalue weighted by molar-refractivity contribution is -0.231. The lowest BCUT2D eigenvalue weighted by Gasteiger charge is -2.68. The third-order valence-corrected chi connectivity index (χ3v) is 6.62. The molecule has 1 aromatic rings. The minimum absolute atomic E-state index is 0.0797. The number of carbonyl (C=O) groups is 1. The summed E-state index contributed by atoms with van der Waals surface area (Å²) in [6, 6.07) is 3.74. The zero-order valence-corrected chi connectivity index (χ0v) is 13.4. The van der Waals surface area contributed by atoms with Gasteiger partial charge in [0.2, 0.25) is 0 Å². The molecule has 3 saturated carbocycles. The first kappa shape index (κ1) is 14.6. The Hall–Kier alpha value is -1.38. The number of rotatable bonds is 3. The van der Waals surface area contributed by atoms with Crippen molar-refractivity contribution in [1.29, 1.82) is 0 Å². The van der Waals surface area contributed by atoms with Gasteiger partial charge in [-0.25, -0.2) is 0 Å². The number of hydrogen-bond acceptors (Lipinski definition) is 3. The van der Waals surface area contributed by atoms with Crippen LogP contribution in [0.15, 0.2) is 24.5 Å². The summed E-state index contributed by atoms with van der Waals surface area (Å²) in [6.07, 6.45) is 6.15. The Bertz CT molecular complexity index is 539. The first-order valence-corrected chi connectivity index (χ1v) is 7.93. The van der Waals surface area contributed by atoms with Gasteiger partial charge in [0, 0.05) is 12.4 Å². The van der Waals surface area contributed by atoms with Crippen molar-refractivity contribution in [2.24, 2.45) is 22.7 Å². The molecule has 3 nitrogen and oxygen atoms in total. The largest absolute Gasteiger partial charge is 0.462 e. The van der Waals surface area contributed by atoms with Crippen LogP contribution >= 0.6 is 0 Å². The van der Waals surface area contributed by atoms with Gasteiger partial charge in [-0.05, 0) is 53.2 Å². The van der Waals surface area contributed by atoms with E-state index in [0.29, 0.717) is 29.1 Å². The lowest BCUT2D eigenvalue weighted by Crippen LogP contribution is -2.64. The fourth-order valence-corrected chi connectivity index (χ4v) is 4.44. The summed E-state index contributed by atoms with van der Waals surface area (Å²) < 4.78 is 5.81. The van der Waals surface area contributed by atoms with Crippen LogP contribution in [-0.2, 0) is 16.0 Å². The second kappa shape index (κ2) is 4.82. The summed E-state index contributed by atoms with van der Waals surface area (Å²) in [5.74, 6) is 1.01. The highest BCUT2D eigenvalue weighted by Gasteiger charge is 2.64. The fourth-order valence-electron chi connectivity index (χ4n) is 4.44. The average Bonchev–Trinajstić information content (AvgIpc) is 2.44. The molecule has 4 rings (SSSR count). The maximum absolute atomic E-state index is 12.2. The summed E-state index contributed by atoms with van der Waals surface area (Å²) in [4.78, 5) is 16.1. The van der Waals surface area contributed by atoms with Crippen molar-refractivity contribution in [2.75, 3.05) is 0 Å². The molecule has 3 aliphatic rings. The van der Waals surface area contributed by atoms with Gasteiger partial charge in [0.1, 0.15) is 6.10 Å². The van der Waals surface area contributed by atoms with Crippen LogP contribution in [0.5, 0.6) is 0 Å². The molecule has 0 spiro atoms. The van der Waals surface area contributed by atoms with E-state index in [4.69, 9.17) is 4.74 Å². The van der Waals surface area contributed by atoms with Gasteiger partial charge >= 0.3 is 5.97 Å². The molecule has 3 heteroatoms. The Morgan fingerprint density at radius 3 is 2.62 bits per heavy atom. The van der Waals surface area contributed by atoms with Crippen LogP contribution in [0.4, 0.5) is 0 Å². The third kappa shape index (κ3) is 2.18. The number of hydrogen-bond donors (Lipinski definition) is 0. The van der Waals surface area contributed by atoms with E-state index in [0.717, 1.165) is 12.0 Å². The maximum atomic E-state index is 12.2. The Kier molecular flexibility index (Phi) is 3.34. The number of pyridine rings is 1. The van der Waals surface area contributed by atoms with Crippen LogP contribution in [0.1, 0.15) is 46.1 Å². The Morgan fingerprint density at radius 2 is 2.00 bits per heavy atom. The van der Waals surface area contributed by atoms with E-state index in [1.807, 2.05) is 12.1 Å². The van der Waals surface area contributed by atoms with Crippen LogP contribution in [0, 0.1) is 22.7 Å². The second-order valence-electron chi connectivity index (χ2n) is 7.63. The van der Waals surface area contributed by atoms with Crippen molar-refractivity contribution in [3.8, 4) is 0 Å². The molecule has 114 valence electrons. The molecule has 1 heterocycles. The monoisotopic (exact) mass is 287 g/mol. The molecule has 1 aromatic heterocycles. The predicted molar refractivity (Wildman–Crippen MR) is 81.6 cm³/mol. The van der Waals surface area contributed by atoms with Crippen molar-refractivity contribution in [3.63, 3.8) is 0 Å². The van der Waals surface area contributed by atoms with Gasteiger partial charge in [-0.1, -0.05) is 27.7 Å². The van der Waals surface area contributed by atoms with Crippen LogP contribution < -0.4 is 0 Å². The molecule has 0 saturated heterocycles. The van der Waals surface area contributed by atoms with Crippen molar-refractivity contribution in [3.05, 3.63) is 30.1 Å². The highest BCUT2D eigenvalue weighted by Crippen LogP contribution is 2.69. The first-order valence-electron chi connectivity index (χ1n) is 7.93. The molecule has 3 fully saturated rings. The molecule has 0 unspecified atom stereocenters. The number of carbonyl (C=O) groups excluding carboxylic acids is 1. The van der Waals surface area contributed by atoms with E-state index in [1.165, 1.54) is 6.42 Å². The Labute approximate surface area is 127 Å². The van der Waals surface area contributed by atoms with Gasteiger partial charge in [0.15, 0.2) is 0 Å². The van der Waals surface area contributed by atoms with Crippen LogP contribution in [0.2, 0.25) is 0 Å². The molecular formula is C18H25NO2. The average molecular weight is 287 g/mol. The van der Waals surface area contributed by atoms with E-state index in [2.05, 4.69) is 32.7 Å². The van der Waals surface area contributed by atoms with Gasteiger partial charge in [0.25, 0.3) is 0 Å². The highest BCUT2D eigenvalue weighted by atomic mass is 16.5. The first-order chi connectivity index (χ1) is 9.84. The number of fused-ring (bicyclic) bond motifs is 2. The van der Waals surface area contributed by atoms with E-state index in [-0.39, 0.29) is 12.1 Å². The van der Waals surface area contributed by atoms with E-state index in [1.54, 1.807) is 12.4 Å². The van der Waals surface area contributed by atoms with Gasteiger partial charge in [-0.2, -0.15) is 0 Å².